The molecule has 3 unspecified atom stereocenters. The SMILES string of the molecule is CNC(c1ccco1)C1CCOC2(CCSC2)C1. The molecule has 0 saturated carbocycles. The van der Waals surface area contributed by atoms with E-state index < -0.39 is 0 Å². The average molecular weight is 267 g/mol. The van der Waals surface area contributed by atoms with E-state index in [1.807, 2.05) is 24.9 Å². The highest BCUT2D eigenvalue weighted by Gasteiger charge is 2.42. The zero-order valence-corrected chi connectivity index (χ0v) is 11.7. The molecular formula is C14H21NO2S. The van der Waals surface area contributed by atoms with Gasteiger partial charge in [0.25, 0.3) is 0 Å². The minimum atomic E-state index is 0.148. The number of thioether (sulfide) groups is 1. The summed E-state index contributed by atoms with van der Waals surface area (Å²) in [7, 11) is 2.03. The van der Waals surface area contributed by atoms with E-state index in [4.69, 9.17) is 9.15 Å². The van der Waals surface area contributed by atoms with Crippen LogP contribution in [0.25, 0.3) is 0 Å². The summed E-state index contributed by atoms with van der Waals surface area (Å²) in [4.78, 5) is 0. The third-order valence-electron chi connectivity index (χ3n) is 4.23. The molecule has 4 heteroatoms. The van der Waals surface area contributed by atoms with Gasteiger partial charge >= 0.3 is 0 Å². The Bertz CT molecular complexity index is 373. The summed E-state index contributed by atoms with van der Waals surface area (Å²) in [5, 5.41) is 3.42. The number of nitrogens with one attached hydrogen (secondary N) is 1. The summed E-state index contributed by atoms with van der Waals surface area (Å²) in [6.45, 7) is 0.893. The van der Waals surface area contributed by atoms with E-state index in [0.717, 1.165) is 31.0 Å². The molecule has 100 valence electrons. The van der Waals surface area contributed by atoms with Crippen LogP contribution in [-0.2, 0) is 4.74 Å². The van der Waals surface area contributed by atoms with E-state index in [1.165, 1.54) is 12.2 Å². The van der Waals surface area contributed by atoms with Gasteiger partial charge in [0.05, 0.1) is 17.9 Å². The molecule has 1 aromatic rings. The summed E-state index contributed by atoms with van der Waals surface area (Å²) < 4.78 is 11.7. The van der Waals surface area contributed by atoms with Crippen LogP contribution in [0.4, 0.5) is 0 Å². The van der Waals surface area contributed by atoms with Crippen molar-refractivity contribution in [3.8, 4) is 0 Å². The second-order valence-electron chi connectivity index (χ2n) is 5.37. The zero-order chi connectivity index (χ0) is 12.4. The van der Waals surface area contributed by atoms with E-state index in [-0.39, 0.29) is 5.60 Å². The molecule has 0 aliphatic carbocycles. The normalized spacial score (nSPS) is 33.9. The van der Waals surface area contributed by atoms with E-state index in [2.05, 4.69) is 11.4 Å². The Morgan fingerprint density at radius 2 is 2.50 bits per heavy atom. The summed E-state index contributed by atoms with van der Waals surface area (Å²) in [5.41, 5.74) is 0.148. The molecule has 0 bridgehead atoms. The van der Waals surface area contributed by atoms with Crippen LogP contribution < -0.4 is 5.32 Å². The van der Waals surface area contributed by atoms with Gasteiger partial charge in [0.1, 0.15) is 5.76 Å². The lowest BCUT2D eigenvalue weighted by atomic mass is 9.80. The molecular weight excluding hydrogens is 246 g/mol. The van der Waals surface area contributed by atoms with Gasteiger partial charge in [-0.15, -0.1) is 0 Å². The van der Waals surface area contributed by atoms with Crippen molar-refractivity contribution in [3.05, 3.63) is 24.2 Å². The van der Waals surface area contributed by atoms with E-state index in [9.17, 15) is 0 Å². The average Bonchev–Trinajstić information content (AvgIpc) is 3.03. The smallest absolute Gasteiger partial charge is 0.120 e. The molecule has 3 heterocycles. The molecule has 2 saturated heterocycles. The first-order valence-electron chi connectivity index (χ1n) is 6.75. The van der Waals surface area contributed by atoms with Crippen molar-refractivity contribution in [1.29, 1.82) is 0 Å². The largest absolute Gasteiger partial charge is 0.468 e. The maximum atomic E-state index is 6.09. The first kappa shape index (κ1) is 12.6. The first-order valence-corrected chi connectivity index (χ1v) is 7.91. The van der Waals surface area contributed by atoms with Gasteiger partial charge < -0.3 is 14.5 Å². The standard InChI is InChI=1S/C14H21NO2S/c1-15-13(12-3-2-6-16-12)11-4-7-17-14(9-11)5-8-18-10-14/h2-3,6,11,13,15H,4-5,7-10H2,1H3. The fourth-order valence-corrected chi connectivity index (χ4v) is 4.67. The van der Waals surface area contributed by atoms with Crippen molar-refractivity contribution >= 4 is 11.8 Å². The Morgan fingerprint density at radius 3 is 3.17 bits per heavy atom. The van der Waals surface area contributed by atoms with Crippen LogP contribution in [0.1, 0.15) is 31.1 Å². The minimum Gasteiger partial charge on any atom is -0.468 e. The number of ether oxygens (including phenoxy) is 1. The van der Waals surface area contributed by atoms with Gasteiger partial charge in [-0.1, -0.05) is 0 Å². The number of rotatable bonds is 3. The van der Waals surface area contributed by atoms with Crippen LogP contribution in [0, 0.1) is 5.92 Å². The quantitative estimate of drug-likeness (QED) is 0.913. The number of hydrogen-bond donors (Lipinski definition) is 1. The van der Waals surface area contributed by atoms with Crippen LogP contribution in [0.5, 0.6) is 0 Å². The second kappa shape index (κ2) is 5.27. The summed E-state index contributed by atoms with van der Waals surface area (Å²) in [6, 6.07) is 4.37. The molecule has 1 N–H and O–H groups in total. The molecule has 0 radical (unpaired) electrons. The molecule has 0 amide bonds. The lowest BCUT2D eigenvalue weighted by molar-refractivity contribution is -0.0860. The fourth-order valence-electron chi connectivity index (χ4n) is 3.29. The van der Waals surface area contributed by atoms with Crippen LogP contribution >= 0.6 is 11.8 Å². The molecule has 2 fully saturated rings. The first-order chi connectivity index (χ1) is 8.83. The summed E-state index contributed by atoms with van der Waals surface area (Å²) in [5.74, 6) is 4.09. The van der Waals surface area contributed by atoms with Gasteiger partial charge in [0.2, 0.25) is 0 Å². The molecule has 1 aromatic heterocycles. The Kier molecular flexibility index (Phi) is 3.68. The third-order valence-corrected chi connectivity index (χ3v) is 5.45. The maximum Gasteiger partial charge on any atom is 0.120 e. The van der Waals surface area contributed by atoms with E-state index in [1.54, 1.807) is 6.26 Å². The van der Waals surface area contributed by atoms with Crippen molar-refractivity contribution in [2.75, 3.05) is 25.2 Å². The van der Waals surface area contributed by atoms with Gasteiger partial charge in [-0.3, -0.25) is 0 Å². The Morgan fingerprint density at radius 1 is 1.56 bits per heavy atom. The topological polar surface area (TPSA) is 34.4 Å². The molecule has 2 aliphatic rings. The predicted octanol–water partition coefficient (Wildman–Crippen LogP) is 2.84. The van der Waals surface area contributed by atoms with Crippen molar-refractivity contribution in [3.63, 3.8) is 0 Å². The van der Waals surface area contributed by atoms with Crippen molar-refractivity contribution in [2.24, 2.45) is 5.92 Å². The van der Waals surface area contributed by atoms with E-state index >= 15 is 0 Å². The minimum absolute atomic E-state index is 0.148. The molecule has 3 atom stereocenters. The monoisotopic (exact) mass is 267 g/mol. The Labute approximate surface area is 113 Å². The zero-order valence-electron chi connectivity index (χ0n) is 10.9. The Hall–Kier alpha value is -0.450. The van der Waals surface area contributed by atoms with E-state index in [0.29, 0.717) is 12.0 Å². The maximum absolute atomic E-state index is 6.09. The molecule has 1 spiro atoms. The highest BCUT2D eigenvalue weighted by atomic mass is 32.2. The van der Waals surface area contributed by atoms with Crippen molar-refractivity contribution in [2.45, 2.75) is 30.9 Å². The number of furan rings is 1. The van der Waals surface area contributed by atoms with Crippen LogP contribution in [-0.4, -0.2) is 30.8 Å². The van der Waals surface area contributed by atoms with Gasteiger partial charge in [0, 0.05) is 12.4 Å². The summed E-state index contributed by atoms with van der Waals surface area (Å²) >= 11 is 2.03. The van der Waals surface area contributed by atoms with Gasteiger partial charge in [-0.25, -0.2) is 0 Å². The molecule has 3 nitrogen and oxygen atoms in total. The van der Waals surface area contributed by atoms with Crippen LogP contribution in [0.15, 0.2) is 22.8 Å². The highest BCUT2D eigenvalue weighted by molar-refractivity contribution is 7.99. The van der Waals surface area contributed by atoms with Gasteiger partial charge in [0.15, 0.2) is 0 Å². The molecule has 0 aromatic carbocycles. The van der Waals surface area contributed by atoms with Crippen LogP contribution in [0.3, 0.4) is 0 Å². The lowest BCUT2D eigenvalue weighted by Crippen LogP contribution is -2.43. The van der Waals surface area contributed by atoms with Crippen molar-refractivity contribution in [1.82, 2.24) is 5.32 Å². The molecule has 18 heavy (non-hydrogen) atoms. The van der Waals surface area contributed by atoms with Crippen molar-refractivity contribution < 1.29 is 9.15 Å². The van der Waals surface area contributed by atoms with Gasteiger partial charge in [-0.2, -0.15) is 11.8 Å². The lowest BCUT2D eigenvalue weighted by Gasteiger charge is -2.40. The second-order valence-corrected chi connectivity index (χ2v) is 6.47. The highest BCUT2D eigenvalue weighted by Crippen LogP contribution is 2.43. The number of hydrogen-bond acceptors (Lipinski definition) is 4. The van der Waals surface area contributed by atoms with Gasteiger partial charge in [-0.05, 0) is 50.1 Å². The predicted molar refractivity (Wildman–Crippen MR) is 73.9 cm³/mol. The molecule has 3 rings (SSSR count). The third kappa shape index (κ3) is 2.33. The van der Waals surface area contributed by atoms with Crippen LogP contribution in [0.2, 0.25) is 0 Å². The molecule has 2 aliphatic heterocycles. The summed E-state index contributed by atoms with van der Waals surface area (Å²) in [6.07, 6.45) is 5.26. The Balaban J connectivity index is 1.74. The fraction of sp³-hybridized carbons (Fsp3) is 0.714.